The minimum atomic E-state index is -0.697. The Bertz CT molecular complexity index is 6730. The molecule has 0 aromatic heterocycles. The van der Waals surface area contributed by atoms with Gasteiger partial charge in [0.15, 0.2) is 0 Å². The van der Waals surface area contributed by atoms with Crippen LogP contribution in [0.1, 0.15) is 154 Å². The standard InChI is InChI=1S/C117H103B2N3O/c1-112(2,3)81-63-82(113(4,5)6)65-86(64-81)120-99-59-38-36-57-95(99)119-98-72-97-101(73-105(98)123-106-62-78(61-102(120)109(106)119)87-54-40-55-89-88-53-34-35-56-94(88)117(107(87)89,79-49-30-20-31-50-79)80-51-32-21-33-52-80)122(111-92(76-45-26-18-27-46-76)68-84(115(10,11)12)69-93(111)77-47-28-19-29-48-77)104-71-85(116(13,14)15)70-103-108(104)118(97)96-58-37-39-60-100(96)121(103)110-90(74-41-22-16-23-42-74)66-83(114(7,8)9)67-91(110)75-43-24-17-25-44-75/h16-73H,1-15H3. The Kier molecular flexibility index (Phi) is 17.9. The molecule has 0 N–H and O–H groups in total. The van der Waals surface area contributed by atoms with Crippen LogP contribution >= 0.6 is 0 Å². The van der Waals surface area contributed by atoms with Gasteiger partial charge in [-0.25, -0.2) is 0 Å². The average Bonchev–Trinajstić information content (AvgIpc) is 1.16. The molecule has 5 aliphatic rings. The van der Waals surface area contributed by atoms with Crippen LogP contribution in [0.15, 0.2) is 352 Å². The predicted molar refractivity (Wildman–Crippen MR) is 524 cm³/mol. The maximum atomic E-state index is 8.39. The summed E-state index contributed by atoms with van der Waals surface area (Å²) in [5, 5.41) is 0. The van der Waals surface area contributed by atoms with Crippen LogP contribution in [-0.4, -0.2) is 13.4 Å². The van der Waals surface area contributed by atoms with Crippen molar-refractivity contribution in [3.63, 3.8) is 0 Å². The van der Waals surface area contributed by atoms with Crippen LogP contribution < -0.4 is 52.2 Å². The number of nitrogens with zero attached hydrogens (tertiary/aromatic N) is 3. The number of rotatable bonds is 10. The van der Waals surface area contributed by atoms with Crippen molar-refractivity contribution >= 4 is 97.4 Å². The van der Waals surface area contributed by atoms with Gasteiger partial charge in [0, 0.05) is 68.1 Å². The fourth-order valence-electron chi connectivity index (χ4n) is 20.8. The molecule has 21 rings (SSSR count). The minimum absolute atomic E-state index is 0.173. The lowest BCUT2D eigenvalue weighted by Gasteiger charge is -2.47. The highest BCUT2D eigenvalue weighted by Crippen LogP contribution is 2.61. The fourth-order valence-corrected chi connectivity index (χ4v) is 20.8. The molecule has 0 fully saturated rings. The minimum Gasteiger partial charge on any atom is -0.458 e. The Balaban J connectivity index is 0.904. The maximum absolute atomic E-state index is 8.39. The summed E-state index contributed by atoms with van der Waals surface area (Å²) in [6.07, 6.45) is 0. The Morgan fingerprint density at radius 3 is 1.07 bits per heavy atom. The quantitative estimate of drug-likeness (QED) is 0.127. The van der Waals surface area contributed by atoms with E-state index in [0.29, 0.717) is 0 Å². The lowest BCUT2D eigenvalue weighted by atomic mass is 9.30. The molecule has 0 radical (unpaired) electrons. The van der Waals surface area contributed by atoms with Crippen LogP contribution in [0, 0.1) is 0 Å². The van der Waals surface area contributed by atoms with Crippen LogP contribution in [0.5, 0.6) is 11.5 Å². The summed E-state index contributed by atoms with van der Waals surface area (Å²) in [7, 11) is 0. The molecule has 0 saturated heterocycles. The molecule has 0 saturated carbocycles. The van der Waals surface area contributed by atoms with E-state index in [-0.39, 0.29) is 40.5 Å². The van der Waals surface area contributed by atoms with E-state index >= 15 is 0 Å². The van der Waals surface area contributed by atoms with Crippen molar-refractivity contribution in [1.82, 2.24) is 0 Å². The molecule has 0 amide bonds. The number of hydrogen-bond donors (Lipinski definition) is 0. The number of fused-ring (bicyclic) bond motifs is 11. The topological polar surface area (TPSA) is 19.0 Å². The van der Waals surface area contributed by atoms with E-state index in [1.54, 1.807) is 0 Å². The predicted octanol–water partition coefficient (Wildman–Crippen LogP) is 27.4. The molecule has 4 heterocycles. The molecule has 0 bridgehead atoms. The van der Waals surface area contributed by atoms with E-state index < -0.39 is 5.41 Å². The van der Waals surface area contributed by atoms with E-state index in [9.17, 15) is 0 Å². The highest BCUT2D eigenvalue weighted by atomic mass is 16.5. The molecule has 0 spiro atoms. The van der Waals surface area contributed by atoms with E-state index in [1.807, 2.05) is 0 Å². The third kappa shape index (κ3) is 12.5. The Labute approximate surface area is 728 Å². The number of para-hydroxylation sites is 2. The molecule has 0 atom stereocenters. The van der Waals surface area contributed by atoms with E-state index in [1.165, 1.54) is 94.2 Å². The normalized spacial score (nSPS) is 14.0. The highest BCUT2D eigenvalue weighted by molar-refractivity contribution is 7.02. The van der Waals surface area contributed by atoms with Gasteiger partial charge in [-0.1, -0.05) is 377 Å². The van der Waals surface area contributed by atoms with Crippen LogP contribution in [0.3, 0.4) is 0 Å². The molecule has 1 aliphatic carbocycles. The van der Waals surface area contributed by atoms with Crippen molar-refractivity contribution < 1.29 is 4.74 Å². The first-order valence-electron chi connectivity index (χ1n) is 44.1. The molecule has 6 heteroatoms. The van der Waals surface area contributed by atoms with Crippen molar-refractivity contribution in [1.29, 1.82) is 0 Å². The molecule has 4 aliphatic heterocycles. The maximum Gasteiger partial charge on any atom is 0.256 e. The SMILES string of the molecule is CC(C)(C)c1cc(N2c3ccccc3B3c4cc5c(cc4Oc4cc(-c6cccc7c6C(c6ccccc6)(c6ccccc6)c6ccccc6-7)cc2c43)N(c2c(-c3ccccc3)cc(C(C)(C)C)cc2-c2ccccc2)c2cc(C(C)(C)C)cc3c2B5c2ccccc2N3c2c(-c3ccccc3)cc(C(C)(C)C)cc2-c2ccccc2)cc(C(C)(C)C)c1. The van der Waals surface area contributed by atoms with Crippen molar-refractivity contribution in [3.05, 3.63) is 402 Å². The Morgan fingerprint density at radius 1 is 0.236 bits per heavy atom. The van der Waals surface area contributed by atoms with Crippen LogP contribution in [-0.2, 0) is 32.5 Å². The first-order valence-corrected chi connectivity index (χ1v) is 44.1. The average molecular weight is 1590 g/mol. The summed E-state index contributed by atoms with van der Waals surface area (Å²) in [4.78, 5) is 8.05. The molecular formula is C117H103B2N3O. The van der Waals surface area contributed by atoms with Gasteiger partial charge in [-0.2, -0.15) is 0 Å². The number of hydrogen-bond acceptors (Lipinski definition) is 4. The molecule has 0 unspecified atom stereocenters. The zero-order chi connectivity index (χ0) is 84.5. The second-order valence-corrected chi connectivity index (χ2v) is 40.0. The van der Waals surface area contributed by atoms with Gasteiger partial charge in [-0.05, 0) is 227 Å². The third-order valence-electron chi connectivity index (χ3n) is 27.1. The van der Waals surface area contributed by atoms with Gasteiger partial charge in [0.05, 0.1) is 16.8 Å². The van der Waals surface area contributed by atoms with Crippen LogP contribution in [0.4, 0.5) is 51.2 Å². The first kappa shape index (κ1) is 77.2. The van der Waals surface area contributed by atoms with E-state index in [2.05, 4.69) is 470 Å². The van der Waals surface area contributed by atoms with E-state index in [4.69, 9.17) is 4.74 Å². The van der Waals surface area contributed by atoms with Gasteiger partial charge in [0.1, 0.15) is 11.5 Å². The number of benzene rings is 16. The molecular weight excluding hydrogens is 1480 g/mol. The third-order valence-corrected chi connectivity index (χ3v) is 27.1. The van der Waals surface area contributed by atoms with E-state index in [0.717, 1.165) is 118 Å². The summed E-state index contributed by atoms with van der Waals surface area (Å²) >= 11 is 0. The summed E-state index contributed by atoms with van der Waals surface area (Å²) in [6.45, 7) is 35.0. The van der Waals surface area contributed by atoms with Crippen LogP contribution in [0.25, 0.3) is 66.8 Å². The second kappa shape index (κ2) is 28.5. The van der Waals surface area contributed by atoms with Gasteiger partial charge in [-0.15, -0.1) is 0 Å². The highest BCUT2D eigenvalue weighted by Gasteiger charge is 2.52. The molecule has 123 heavy (non-hydrogen) atoms. The first-order chi connectivity index (χ1) is 59.2. The van der Waals surface area contributed by atoms with Gasteiger partial charge in [0.2, 0.25) is 0 Å². The summed E-state index contributed by atoms with van der Waals surface area (Å²) in [6, 6.07) is 135. The Hall–Kier alpha value is -13.2. The summed E-state index contributed by atoms with van der Waals surface area (Å²) < 4.78 is 8.39. The summed E-state index contributed by atoms with van der Waals surface area (Å²) in [5.41, 5.74) is 40.7. The lowest BCUT2D eigenvalue weighted by molar-refractivity contribution is 0.488. The zero-order valence-electron chi connectivity index (χ0n) is 73.4. The van der Waals surface area contributed by atoms with Gasteiger partial charge >= 0.3 is 0 Å². The Morgan fingerprint density at radius 2 is 0.602 bits per heavy atom. The largest absolute Gasteiger partial charge is 0.458 e. The monoisotopic (exact) mass is 1590 g/mol. The second-order valence-electron chi connectivity index (χ2n) is 40.0. The zero-order valence-corrected chi connectivity index (χ0v) is 73.4. The van der Waals surface area contributed by atoms with Crippen molar-refractivity contribution in [2.24, 2.45) is 0 Å². The van der Waals surface area contributed by atoms with Gasteiger partial charge in [-0.3, -0.25) is 0 Å². The molecule has 4 nitrogen and oxygen atoms in total. The number of anilines is 9. The van der Waals surface area contributed by atoms with Crippen molar-refractivity contribution in [2.45, 2.75) is 136 Å². The van der Waals surface area contributed by atoms with Gasteiger partial charge in [0.25, 0.3) is 13.4 Å². The smallest absolute Gasteiger partial charge is 0.256 e. The van der Waals surface area contributed by atoms with Gasteiger partial charge < -0.3 is 19.4 Å². The number of ether oxygens (including phenoxy) is 1. The van der Waals surface area contributed by atoms with Crippen molar-refractivity contribution in [3.8, 4) is 78.3 Å². The molecule has 16 aromatic rings. The van der Waals surface area contributed by atoms with Crippen molar-refractivity contribution in [2.75, 3.05) is 14.7 Å². The molecule has 598 valence electrons. The fraction of sp³-hybridized carbons (Fsp3) is 0.179. The van der Waals surface area contributed by atoms with Crippen LogP contribution in [0.2, 0.25) is 0 Å². The summed E-state index contributed by atoms with van der Waals surface area (Å²) in [5.74, 6) is 1.67. The lowest BCUT2D eigenvalue weighted by Crippen LogP contribution is -2.64. The molecule has 16 aromatic carbocycles.